The number of rotatable bonds is 8. The predicted octanol–water partition coefficient (Wildman–Crippen LogP) is 1.87. The zero-order valence-corrected chi connectivity index (χ0v) is 12.9. The van der Waals surface area contributed by atoms with E-state index in [0.717, 1.165) is 18.4 Å². The minimum atomic E-state index is -4.60. The lowest BCUT2D eigenvalue weighted by molar-refractivity contribution is 0.284. The van der Waals surface area contributed by atoms with Crippen molar-refractivity contribution in [2.75, 3.05) is 12.4 Å². The van der Waals surface area contributed by atoms with Crippen LogP contribution in [-0.2, 0) is 24.4 Å². The summed E-state index contributed by atoms with van der Waals surface area (Å²) in [5.41, 5.74) is 1.11. The van der Waals surface area contributed by atoms with Crippen LogP contribution in [0.5, 0.6) is 0 Å². The first-order valence-corrected chi connectivity index (χ1v) is 8.85. The molecule has 0 spiro atoms. The molecule has 0 atom stereocenters. The van der Waals surface area contributed by atoms with E-state index in [1.165, 1.54) is 13.0 Å². The minimum Gasteiger partial charge on any atom is -0.264 e. The highest BCUT2D eigenvalue weighted by Gasteiger charge is 2.15. The van der Waals surface area contributed by atoms with Crippen LogP contribution in [-0.4, -0.2) is 33.7 Å². The molecule has 0 rings (SSSR count). The minimum absolute atomic E-state index is 0.130. The first-order valence-electron chi connectivity index (χ1n) is 5.83. The number of hydrogen-bond donors (Lipinski definition) is 1. The summed E-state index contributed by atoms with van der Waals surface area (Å²) in [6.45, 7) is 4.78. The van der Waals surface area contributed by atoms with Crippen LogP contribution < -0.4 is 0 Å². The van der Waals surface area contributed by atoms with E-state index in [1.54, 1.807) is 6.08 Å². The van der Waals surface area contributed by atoms with Crippen LogP contribution in [0, 0.1) is 0 Å². The third kappa shape index (κ3) is 8.14. The highest BCUT2D eigenvalue weighted by molar-refractivity contribution is 7.95. The Bertz CT molecular complexity index is 534. The molecule has 0 aromatic heterocycles. The number of hydrogen-bond acceptors (Lipinski definition) is 5. The smallest absolute Gasteiger partial charge is 0.264 e. The molecule has 0 aromatic rings. The fourth-order valence-electron chi connectivity index (χ4n) is 1.23. The van der Waals surface area contributed by atoms with E-state index in [0.29, 0.717) is 0 Å². The fourth-order valence-corrected chi connectivity index (χ4v) is 2.53. The van der Waals surface area contributed by atoms with E-state index >= 15 is 0 Å². The predicted molar refractivity (Wildman–Crippen MR) is 73.7 cm³/mol. The molecule has 19 heavy (non-hydrogen) atoms. The lowest BCUT2D eigenvalue weighted by Crippen LogP contribution is -2.15. The van der Waals surface area contributed by atoms with Crippen molar-refractivity contribution in [3.8, 4) is 0 Å². The van der Waals surface area contributed by atoms with Gasteiger partial charge in [-0.05, 0) is 25.8 Å². The zero-order valence-electron chi connectivity index (χ0n) is 11.3. The van der Waals surface area contributed by atoms with Crippen molar-refractivity contribution in [3.63, 3.8) is 0 Å². The molecule has 0 unspecified atom stereocenters. The van der Waals surface area contributed by atoms with E-state index in [9.17, 15) is 16.8 Å². The first kappa shape index (κ1) is 18.3. The van der Waals surface area contributed by atoms with Gasteiger partial charge in [0.1, 0.15) is 0 Å². The van der Waals surface area contributed by atoms with Gasteiger partial charge in [0.15, 0.2) is 9.84 Å². The molecule has 0 bridgehead atoms. The summed E-state index contributed by atoms with van der Waals surface area (Å²) in [4.78, 5) is 0.130. The lowest BCUT2D eigenvalue weighted by Gasteiger charge is -2.04. The molecule has 0 amide bonds. The summed E-state index contributed by atoms with van der Waals surface area (Å²) in [7, 11) is -8.18. The van der Waals surface area contributed by atoms with Gasteiger partial charge in [-0.2, -0.15) is 8.42 Å². The van der Waals surface area contributed by atoms with Gasteiger partial charge >= 0.3 is 10.4 Å². The second kappa shape index (κ2) is 7.78. The van der Waals surface area contributed by atoms with E-state index in [-0.39, 0.29) is 4.91 Å². The largest absolute Gasteiger partial charge is 0.397 e. The van der Waals surface area contributed by atoms with Gasteiger partial charge in [0.25, 0.3) is 0 Å². The quantitative estimate of drug-likeness (QED) is 0.543. The van der Waals surface area contributed by atoms with Crippen molar-refractivity contribution in [3.05, 3.63) is 22.6 Å². The Morgan fingerprint density at radius 3 is 2.05 bits per heavy atom. The molecule has 0 saturated carbocycles. The Hall–Kier alpha value is -0.700. The Kier molecular flexibility index (Phi) is 7.50. The Balaban J connectivity index is 4.73. The van der Waals surface area contributed by atoms with E-state index in [2.05, 4.69) is 4.18 Å². The third-order valence-corrected chi connectivity index (χ3v) is 4.82. The highest BCUT2D eigenvalue weighted by Crippen LogP contribution is 2.11. The molecule has 0 radical (unpaired) electrons. The van der Waals surface area contributed by atoms with Crippen LogP contribution in [0.2, 0.25) is 0 Å². The fraction of sp³-hybridized carbons (Fsp3) is 0.636. The van der Waals surface area contributed by atoms with Crippen LogP contribution in [0.1, 0.15) is 33.6 Å². The van der Waals surface area contributed by atoms with E-state index < -0.39 is 32.6 Å². The van der Waals surface area contributed by atoms with Crippen LogP contribution in [0.25, 0.3) is 0 Å². The molecule has 112 valence electrons. The summed E-state index contributed by atoms with van der Waals surface area (Å²) >= 11 is 0. The maximum Gasteiger partial charge on any atom is 0.397 e. The van der Waals surface area contributed by atoms with Gasteiger partial charge in [-0.1, -0.05) is 25.5 Å². The normalized spacial score (nSPS) is 13.4. The van der Waals surface area contributed by atoms with Crippen LogP contribution in [0.15, 0.2) is 22.6 Å². The van der Waals surface area contributed by atoms with Crippen molar-refractivity contribution < 1.29 is 25.6 Å². The second-order valence-electron chi connectivity index (χ2n) is 3.88. The molecule has 0 fully saturated rings. The standard InChI is InChI=1S/C11H20O6S2/c1-4-11(5-2)7-6-10(3)18(12,13)9-8-17-19(14,15)16/h6-7H,4-5,8-9H2,1-3H3,(H,14,15,16)/b10-6+. The SMILES string of the molecule is CCC(=C/C=C(\C)S(=O)(=O)CCOS(=O)(=O)O)CC. The van der Waals surface area contributed by atoms with Gasteiger partial charge in [0, 0.05) is 4.91 Å². The van der Waals surface area contributed by atoms with Gasteiger partial charge in [-0.15, -0.1) is 0 Å². The van der Waals surface area contributed by atoms with Gasteiger partial charge in [0.2, 0.25) is 0 Å². The van der Waals surface area contributed by atoms with Crippen molar-refractivity contribution in [2.24, 2.45) is 0 Å². The second-order valence-corrected chi connectivity index (χ2v) is 7.25. The van der Waals surface area contributed by atoms with Crippen LogP contribution >= 0.6 is 0 Å². The van der Waals surface area contributed by atoms with Crippen molar-refractivity contribution in [1.82, 2.24) is 0 Å². The van der Waals surface area contributed by atoms with Crippen molar-refractivity contribution >= 4 is 20.2 Å². The average molecular weight is 312 g/mol. The van der Waals surface area contributed by atoms with Gasteiger partial charge in [-0.25, -0.2) is 12.6 Å². The Labute approximate surface area is 115 Å². The van der Waals surface area contributed by atoms with Crippen LogP contribution in [0.3, 0.4) is 0 Å². The van der Waals surface area contributed by atoms with E-state index in [4.69, 9.17) is 4.55 Å². The molecule has 0 aromatic carbocycles. The molecule has 0 aliphatic carbocycles. The Morgan fingerprint density at radius 2 is 1.63 bits per heavy atom. The Morgan fingerprint density at radius 1 is 1.11 bits per heavy atom. The molecule has 0 saturated heterocycles. The van der Waals surface area contributed by atoms with Gasteiger partial charge in [-0.3, -0.25) is 4.55 Å². The summed E-state index contributed by atoms with van der Waals surface area (Å²) in [5, 5.41) is 0. The lowest BCUT2D eigenvalue weighted by atomic mass is 10.1. The maximum atomic E-state index is 11.8. The molecular weight excluding hydrogens is 292 g/mol. The van der Waals surface area contributed by atoms with Crippen LogP contribution in [0.4, 0.5) is 0 Å². The topological polar surface area (TPSA) is 97.7 Å². The maximum absolute atomic E-state index is 11.8. The summed E-state index contributed by atoms with van der Waals surface area (Å²) in [5.74, 6) is -0.503. The third-order valence-electron chi connectivity index (χ3n) is 2.54. The van der Waals surface area contributed by atoms with E-state index in [1.807, 2.05) is 13.8 Å². The molecule has 6 nitrogen and oxygen atoms in total. The molecule has 0 aliphatic heterocycles. The molecule has 1 N–H and O–H groups in total. The molecule has 0 heterocycles. The average Bonchev–Trinajstić information content (AvgIpc) is 2.27. The van der Waals surface area contributed by atoms with Crippen molar-refractivity contribution in [2.45, 2.75) is 33.6 Å². The van der Waals surface area contributed by atoms with Crippen molar-refractivity contribution in [1.29, 1.82) is 0 Å². The first-order chi connectivity index (χ1) is 8.62. The summed E-state index contributed by atoms with van der Waals surface area (Å²) in [6.07, 6.45) is 4.92. The monoisotopic (exact) mass is 312 g/mol. The highest BCUT2D eigenvalue weighted by atomic mass is 32.3. The molecule has 0 aliphatic rings. The number of sulfone groups is 1. The molecular formula is C11H20O6S2. The molecule has 8 heteroatoms. The zero-order chi connectivity index (χ0) is 15.1. The van der Waals surface area contributed by atoms with Gasteiger partial charge in [0.05, 0.1) is 12.4 Å². The summed E-state index contributed by atoms with van der Waals surface area (Å²) < 4.78 is 56.4. The van der Waals surface area contributed by atoms with Gasteiger partial charge < -0.3 is 0 Å². The number of allylic oxidation sites excluding steroid dienone is 4. The summed E-state index contributed by atoms with van der Waals surface area (Å²) in [6, 6.07) is 0.